The van der Waals surface area contributed by atoms with Gasteiger partial charge in [-0.05, 0) is 46.3 Å². The molecule has 0 radical (unpaired) electrons. The second-order valence-corrected chi connectivity index (χ2v) is 5.66. The fourth-order valence-electron chi connectivity index (χ4n) is 2.99. The number of hydrogen-bond acceptors (Lipinski definition) is 4. The molecule has 2 fully saturated rings. The zero-order chi connectivity index (χ0) is 13.1. The Bertz CT molecular complexity index is 298. The van der Waals surface area contributed by atoms with Crippen LogP contribution in [0.3, 0.4) is 0 Å². The molecule has 2 aliphatic rings. The summed E-state index contributed by atoms with van der Waals surface area (Å²) in [6.45, 7) is 3.14. The van der Waals surface area contributed by atoms with Crippen molar-refractivity contribution < 1.29 is 14.6 Å². The van der Waals surface area contributed by atoms with Crippen molar-refractivity contribution in [2.24, 2.45) is 0 Å². The van der Waals surface area contributed by atoms with Gasteiger partial charge in [0.1, 0.15) is 0 Å². The number of carboxylic acids is 1. The molecule has 0 amide bonds. The first-order valence-corrected chi connectivity index (χ1v) is 6.83. The van der Waals surface area contributed by atoms with Gasteiger partial charge in [-0.3, -0.25) is 4.90 Å². The van der Waals surface area contributed by atoms with Crippen molar-refractivity contribution in [2.75, 3.05) is 33.7 Å². The molecule has 2 aliphatic heterocycles. The predicted molar refractivity (Wildman–Crippen MR) is 68.7 cm³/mol. The smallest absolute Gasteiger partial charge is 0.332 e. The molecule has 0 aliphatic carbocycles. The van der Waals surface area contributed by atoms with Gasteiger partial charge in [0.2, 0.25) is 0 Å². The highest BCUT2D eigenvalue weighted by atomic mass is 16.5. The summed E-state index contributed by atoms with van der Waals surface area (Å²) in [7, 11) is 4.29. The number of hydrogen-bond donors (Lipinski definition) is 1. The molecular formula is C13H24N2O3. The summed E-state index contributed by atoms with van der Waals surface area (Å²) in [5.74, 6) is -0.822. The van der Waals surface area contributed by atoms with Crippen LogP contribution in [0, 0.1) is 0 Å². The highest BCUT2D eigenvalue weighted by molar-refractivity contribution is 5.72. The third kappa shape index (κ3) is 3.43. The number of carbonyl (C=O) groups is 1. The summed E-state index contributed by atoms with van der Waals surface area (Å²) in [6, 6.07) is 0.580. The highest BCUT2D eigenvalue weighted by Crippen LogP contribution is 2.22. The average Bonchev–Trinajstić information content (AvgIpc) is 2.77. The maximum atomic E-state index is 10.8. The Labute approximate surface area is 109 Å². The first-order chi connectivity index (χ1) is 8.56. The van der Waals surface area contributed by atoms with E-state index in [1.807, 2.05) is 0 Å². The van der Waals surface area contributed by atoms with E-state index in [-0.39, 0.29) is 6.10 Å². The summed E-state index contributed by atoms with van der Waals surface area (Å²) in [5.41, 5.74) is 0. The molecule has 0 aromatic rings. The minimum absolute atomic E-state index is 0.0864. The molecule has 3 atom stereocenters. The fraction of sp³-hybridized carbons (Fsp3) is 0.923. The van der Waals surface area contributed by atoms with Crippen LogP contribution in [-0.2, 0) is 9.53 Å². The zero-order valence-electron chi connectivity index (χ0n) is 11.3. The molecule has 2 saturated heterocycles. The third-order valence-corrected chi connectivity index (χ3v) is 4.10. The van der Waals surface area contributed by atoms with Crippen molar-refractivity contribution in [2.45, 2.75) is 43.9 Å². The van der Waals surface area contributed by atoms with Crippen molar-refractivity contribution in [1.82, 2.24) is 9.80 Å². The minimum Gasteiger partial charge on any atom is -0.479 e. The van der Waals surface area contributed by atoms with Gasteiger partial charge >= 0.3 is 5.97 Å². The number of likely N-dealkylation sites (N-methyl/N-ethyl adjacent to an activating group) is 2. The molecule has 104 valence electrons. The van der Waals surface area contributed by atoms with Crippen molar-refractivity contribution >= 4 is 5.97 Å². The zero-order valence-corrected chi connectivity index (χ0v) is 11.3. The van der Waals surface area contributed by atoms with Crippen LogP contribution in [0.25, 0.3) is 0 Å². The quantitative estimate of drug-likeness (QED) is 0.800. The normalized spacial score (nSPS) is 34.1. The van der Waals surface area contributed by atoms with Crippen molar-refractivity contribution in [3.05, 3.63) is 0 Å². The van der Waals surface area contributed by atoms with Crippen LogP contribution < -0.4 is 0 Å². The van der Waals surface area contributed by atoms with Crippen LogP contribution in [0.5, 0.6) is 0 Å². The van der Waals surface area contributed by atoms with E-state index in [1.54, 1.807) is 0 Å². The van der Waals surface area contributed by atoms with Gasteiger partial charge in [-0.1, -0.05) is 0 Å². The third-order valence-electron chi connectivity index (χ3n) is 4.10. The monoisotopic (exact) mass is 256 g/mol. The molecule has 0 saturated carbocycles. The summed E-state index contributed by atoms with van der Waals surface area (Å²) in [4.78, 5) is 15.5. The van der Waals surface area contributed by atoms with Crippen LogP contribution in [-0.4, -0.2) is 72.9 Å². The van der Waals surface area contributed by atoms with Gasteiger partial charge in [0.05, 0.1) is 6.10 Å². The van der Waals surface area contributed by atoms with Crippen LogP contribution >= 0.6 is 0 Å². The maximum absolute atomic E-state index is 10.8. The lowest BCUT2D eigenvalue weighted by Crippen LogP contribution is -2.47. The molecule has 5 heteroatoms. The first-order valence-electron chi connectivity index (χ1n) is 6.83. The molecule has 0 spiro atoms. The lowest BCUT2D eigenvalue weighted by Gasteiger charge is -2.36. The van der Waals surface area contributed by atoms with E-state index in [1.165, 1.54) is 19.4 Å². The Hall–Kier alpha value is -0.650. The number of ether oxygens (including phenoxy) is 1. The number of likely N-dealkylation sites (tertiary alicyclic amines) is 1. The van der Waals surface area contributed by atoms with E-state index in [0.29, 0.717) is 12.5 Å². The lowest BCUT2D eigenvalue weighted by molar-refractivity contribution is -0.149. The molecule has 2 rings (SSSR count). The van der Waals surface area contributed by atoms with Crippen molar-refractivity contribution in [3.63, 3.8) is 0 Å². The van der Waals surface area contributed by atoms with Crippen molar-refractivity contribution in [3.8, 4) is 0 Å². The van der Waals surface area contributed by atoms with E-state index in [4.69, 9.17) is 9.84 Å². The van der Waals surface area contributed by atoms with E-state index in [2.05, 4.69) is 23.9 Å². The van der Waals surface area contributed by atoms with Gasteiger partial charge in [-0.15, -0.1) is 0 Å². The molecule has 0 aromatic heterocycles. The molecule has 0 aromatic carbocycles. The lowest BCUT2D eigenvalue weighted by atomic mass is 10.0. The van der Waals surface area contributed by atoms with Crippen LogP contribution in [0.2, 0.25) is 0 Å². The average molecular weight is 256 g/mol. The minimum atomic E-state index is -0.822. The van der Waals surface area contributed by atoms with E-state index in [0.717, 1.165) is 19.5 Å². The van der Waals surface area contributed by atoms with Gasteiger partial charge in [-0.2, -0.15) is 0 Å². The summed E-state index contributed by atoms with van der Waals surface area (Å²) >= 11 is 0. The Kier molecular flexibility index (Phi) is 4.59. The largest absolute Gasteiger partial charge is 0.479 e. The molecule has 0 bridgehead atoms. The SMILES string of the molecule is CN1CCCC(N(C)CC2CCC(C(=O)O)O2)C1. The van der Waals surface area contributed by atoms with E-state index < -0.39 is 12.1 Å². The number of carboxylic acid groups (broad SMARTS) is 1. The number of nitrogens with zero attached hydrogens (tertiary/aromatic N) is 2. The maximum Gasteiger partial charge on any atom is 0.332 e. The van der Waals surface area contributed by atoms with E-state index in [9.17, 15) is 4.79 Å². The summed E-state index contributed by atoms with van der Waals surface area (Å²) in [6.07, 6.45) is 3.49. The molecular weight excluding hydrogens is 232 g/mol. The highest BCUT2D eigenvalue weighted by Gasteiger charge is 2.32. The number of rotatable bonds is 4. The van der Waals surface area contributed by atoms with Gasteiger partial charge in [0.15, 0.2) is 6.10 Å². The first kappa shape index (κ1) is 13.8. The van der Waals surface area contributed by atoms with E-state index >= 15 is 0 Å². The Morgan fingerprint density at radius 2 is 2.22 bits per heavy atom. The van der Waals surface area contributed by atoms with Crippen LogP contribution in [0.4, 0.5) is 0 Å². The molecule has 18 heavy (non-hydrogen) atoms. The Morgan fingerprint density at radius 3 is 2.83 bits per heavy atom. The molecule has 1 N–H and O–H groups in total. The number of piperidine rings is 1. The van der Waals surface area contributed by atoms with Crippen molar-refractivity contribution in [1.29, 1.82) is 0 Å². The number of aliphatic carboxylic acids is 1. The Morgan fingerprint density at radius 1 is 1.44 bits per heavy atom. The van der Waals surface area contributed by atoms with Gasteiger partial charge in [0, 0.05) is 19.1 Å². The molecule has 5 nitrogen and oxygen atoms in total. The topological polar surface area (TPSA) is 53.0 Å². The van der Waals surface area contributed by atoms with Crippen LogP contribution in [0.15, 0.2) is 0 Å². The van der Waals surface area contributed by atoms with Gasteiger partial charge in [0.25, 0.3) is 0 Å². The van der Waals surface area contributed by atoms with Gasteiger partial charge < -0.3 is 14.7 Å². The molecule has 2 heterocycles. The van der Waals surface area contributed by atoms with Crippen LogP contribution in [0.1, 0.15) is 25.7 Å². The Balaban J connectivity index is 1.77. The summed E-state index contributed by atoms with van der Waals surface area (Å²) in [5, 5.41) is 8.90. The predicted octanol–water partition coefficient (Wildman–Crippen LogP) is 0.645. The fourth-order valence-corrected chi connectivity index (χ4v) is 2.99. The second-order valence-electron chi connectivity index (χ2n) is 5.66. The standard InChI is InChI=1S/C13H24N2O3/c1-14-7-3-4-10(8-14)15(2)9-11-5-6-12(18-11)13(16)17/h10-12H,3-9H2,1-2H3,(H,16,17). The summed E-state index contributed by atoms with van der Waals surface area (Å²) < 4.78 is 5.56. The van der Waals surface area contributed by atoms with Gasteiger partial charge in [-0.25, -0.2) is 4.79 Å². The molecule has 3 unspecified atom stereocenters. The second kappa shape index (κ2) is 5.99.